The van der Waals surface area contributed by atoms with E-state index in [4.69, 9.17) is 0 Å². The summed E-state index contributed by atoms with van der Waals surface area (Å²) in [5.41, 5.74) is 1.71. The molecule has 0 aliphatic rings. The second-order valence-electron chi connectivity index (χ2n) is 3.96. The Morgan fingerprint density at radius 3 is 2.56 bits per heavy atom. The zero-order chi connectivity index (χ0) is 13.3. The highest BCUT2D eigenvalue weighted by molar-refractivity contribution is 5.46. The summed E-state index contributed by atoms with van der Waals surface area (Å²) in [6.45, 7) is 2.16. The predicted octanol–water partition coefficient (Wildman–Crippen LogP) is 2.76. The summed E-state index contributed by atoms with van der Waals surface area (Å²) in [5, 5.41) is 6.75. The summed E-state index contributed by atoms with van der Waals surface area (Å²) in [6.07, 6.45) is 1.64. The van der Waals surface area contributed by atoms with E-state index in [1.54, 1.807) is 17.9 Å². The molecule has 0 unspecified atom stereocenters. The first-order valence-electron chi connectivity index (χ1n) is 5.35. The fourth-order valence-corrected chi connectivity index (χ4v) is 1.57. The van der Waals surface area contributed by atoms with Crippen molar-refractivity contribution >= 4 is 5.69 Å². The molecule has 1 heterocycles. The maximum atomic E-state index is 13.4. The summed E-state index contributed by atoms with van der Waals surface area (Å²) in [6, 6.07) is 2.05. The molecule has 0 spiro atoms. The van der Waals surface area contributed by atoms with Gasteiger partial charge < -0.3 is 5.32 Å². The van der Waals surface area contributed by atoms with Crippen molar-refractivity contribution in [2.24, 2.45) is 7.05 Å². The first-order chi connectivity index (χ1) is 8.50. The third kappa shape index (κ3) is 2.18. The van der Waals surface area contributed by atoms with E-state index in [9.17, 15) is 13.2 Å². The summed E-state index contributed by atoms with van der Waals surface area (Å²) in [5.74, 6) is -3.88. The molecule has 0 amide bonds. The third-order valence-electron chi connectivity index (χ3n) is 2.84. The molecule has 1 aromatic heterocycles. The van der Waals surface area contributed by atoms with E-state index < -0.39 is 17.5 Å². The van der Waals surface area contributed by atoms with Crippen LogP contribution in [0.1, 0.15) is 11.3 Å². The lowest BCUT2D eigenvalue weighted by Crippen LogP contribution is -2.05. The van der Waals surface area contributed by atoms with Crippen molar-refractivity contribution in [1.82, 2.24) is 9.78 Å². The Morgan fingerprint density at radius 2 is 1.94 bits per heavy atom. The van der Waals surface area contributed by atoms with Gasteiger partial charge in [0.15, 0.2) is 17.5 Å². The molecule has 0 aliphatic carbocycles. The Balaban J connectivity index is 2.16. The maximum Gasteiger partial charge on any atom is 0.196 e. The molecule has 0 atom stereocenters. The molecule has 0 radical (unpaired) electrons. The number of nitrogens with zero attached hydrogens (tertiary/aromatic N) is 2. The number of rotatable bonds is 3. The Labute approximate surface area is 102 Å². The van der Waals surface area contributed by atoms with Crippen LogP contribution in [0.5, 0.6) is 0 Å². The number of hydrogen-bond acceptors (Lipinski definition) is 2. The fraction of sp³-hybridized carbons (Fsp3) is 0.250. The van der Waals surface area contributed by atoms with Crippen LogP contribution in [0.4, 0.5) is 18.9 Å². The van der Waals surface area contributed by atoms with Crippen LogP contribution in [0.25, 0.3) is 0 Å². The zero-order valence-electron chi connectivity index (χ0n) is 9.97. The minimum Gasteiger partial charge on any atom is -0.378 e. The summed E-state index contributed by atoms with van der Waals surface area (Å²) >= 11 is 0. The summed E-state index contributed by atoms with van der Waals surface area (Å²) in [4.78, 5) is 0. The van der Waals surface area contributed by atoms with Crippen LogP contribution >= 0.6 is 0 Å². The quantitative estimate of drug-likeness (QED) is 0.855. The van der Waals surface area contributed by atoms with E-state index in [1.807, 2.05) is 6.92 Å². The first-order valence-corrected chi connectivity index (χ1v) is 5.35. The van der Waals surface area contributed by atoms with Gasteiger partial charge in [0.2, 0.25) is 0 Å². The molecule has 1 N–H and O–H groups in total. The van der Waals surface area contributed by atoms with Gasteiger partial charge in [-0.05, 0) is 19.1 Å². The Kier molecular flexibility index (Phi) is 3.27. The molecular formula is C12H12F3N3. The molecule has 18 heavy (non-hydrogen) atoms. The highest BCUT2D eigenvalue weighted by atomic mass is 19.2. The third-order valence-corrected chi connectivity index (χ3v) is 2.84. The molecule has 3 nitrogen and oxygen atoms in total. The number of benzene rings is 1. The van der Waals surface area contributed by atoms with Gasteiger partial charge in [-0.25, -0.2) is 13.2 Å². The lowest BCUT2D eigenvalue weighted by atomic mass is 10.2. The van der Waals surface area contributed by atoms with Gasteiger partial charge in [0, 0.05) is 24.8 Å². The van der Waals surface area contributed by atoms with Crippen molar-refractivity contribution in [3.05, 3.63) is 47.0 Å². The van der Waals surface area contributed by atoms with Gasteiger partial charge in [0.25, 0.3) is 0 Å². The molecule has 0 aliphatic heterocycles. The predicted molar refractivity (Wildman–Crippen MR) is 61.6 cm³/mol. The van der Waals surface area contributed by atoms with Crippen molar-refractivity contribution in [3.63, 3.8) is 0 Å². The first kappa shape index (κ1) is 12.5. The number of aromatic nitrogens is 2. The largest absolute Gasteiger partial charge is 0.378 e. The molecule has 6 heteroatoms. The highest BCUT2D eigenvalue weighted by Crippen LogP contribution is 2.20. The molecule has 0 saturated carbocycles. The Morgan fingerprint density at radius 1 is 1.22 bits per heavy atom. The van der Waals surface area contributed by atoms with Crippen molar-refractivity contribution in [2.45, 2.75) is 13.5 Å². The van der Waals surface area contributed by atoms with Crippen LogP contribution in [0.15, 0.2) is 18.3 Å². The molecule has 96 valence electrons. The minimum atomic E-state index is -1.47. The monoisotopic (exact) mass is 255 g/mol. The van der Waals surface area contributed by atoms with E-state index in [0.717, 1.165) is 17.3 Å². The average molecular weight is 255 g/mol. The van der Waals surface area contributed by atoms with Gasteiger partial charge in [0.05, 0.1) is 11.9 Å². The molecule has 2 aromatic rings. The van der Waals surface area contributed by atoms with Crippen LogP contribution in [0.3, 0.4) is 0 Å². The Hall–Kier alpha value is -1.98. The number of hydrogen-bond donors (Lipinski definition) is 1. The number of aryl methyl sites for hydroxylation is 1. The summed E-state index contributed by atoms with van der Waals surface area (Å²) in [7, 11) is 1.79. The number of halogens is 3. The van der Waals surface area contributed by atoms with Crippen LogP contribution in [-0.2, 0) is 13.6 Å². The van der Waals surface area contributed by atoms with Crippen molar-refractivity contribution in [1.29, 1.82) is 0 Å². The average Bonchev–Trinajstić information content (AvgIpc) is 2.67. The van der Waals surface area contributed by atoms with Crippen LogP contribution in [0, 0.1) is 24.4 Å². The molecular weight excluding hydrogens is 243 g/mol. The number of anilines is 1. The molecule has 2 rings (SSSR count). The fourth-order valence-electron chi connectivity index (χ4n) is 1.57. The SMILES string of the molecule is Cc1c(CNc2ccc(F)c(F)c2F)cnn1C. The maximum absolute atomic E-state index is 13.4. The van der Waals surface area contributed by atoms with E-state index >= 15 is 0 Å². The van der Waals surface area contributed by atoms with Crippen molar-refractivity contribution in [3.8, 4) is 0 Å². The highest BCUT2D eigenvalue weighted by Gasteiger charge is 2.13. The van der Waals surface area contributed by atoms with E-state index in [1.165, 1.54) is 6.07 Å². The topological polar surface area (TPSA) is 29.9 Å². The second-order valence-corrected chi connectivity index (χ2v) is 3.96. The van der Waals surface area contributed by atoms with Gasteiger partial charge in [0.1, 0.15) is 0 Å². The van der Waals surface area contributed by atoms with Gasteiger partial charge in [-0.1, -0.05) is 0 Å². The second kappa shape index (κ2) is 4.72. The lowest BCUT2D eigenvalue weighted by molar-refractivity contribution is 0.449. The van der Waals surface area contributed by atoms with Crippen LogP contribution < -0.4 is 5.32 Å². The molecule has 1 aromatic carbocycles. The lowest BCUT2D eigenvalue weighted by Gasteiger charge is -2.08. The van der Waals surface area contributed by atoms with Crippen LogP contribution in [-0.4, -0.2) is 9.78 Å². The normalized spacial score (nSPS) is 10.7. The van der Waals surface area contributed by atoms with Gasteiger partial charge in [-0.15, -0.1) is 0 Å². The van der Waals surface area contributed by atoms with E-state index in [0.29, 0.717) is 6.54 Å². The molecule has 0 saturated heterocycles. The van der Waals surface area contributed by atoms with Crippen LogP contribution in [0.2, 0.25) is 0 Å². The molecule has 0 bridgehead atoms. The van der Waals surface area contributed by atoms with Crippen molar-refractivity contribution < 1.29 is 13.2 Å². The number of nitrogens with one attached hydrogen (secondary N) is 1. The minimum absolute atomic E-state index is 0.0721. The van der Waals surface area contributed by atoms with Gasteiger partial charge in [-0.3, -0.25) is 4.68 Å². The summed E-state index contributed by atoms with van der Waals surface area (Å²) < 4.78 is 40.8. The molecule has 0 fully saturated rings. The standard InChI is InChI=1S/C12H12F3N3/c1-7-8(6-17-18(7)2)5-16-10-4-3-9(13)11(14)12(10)15/h3-4,6,16H,5H2,1-2H3. The zero-order valence-corrected chi connectivity index (χ0v) is 9.97. The smallest absolute Gasteiger partial charge is 0.196 e. The van der Waals surface area contributed by atoms with E-state index in [2.05, 4.69) is 10.4 Å². The Bertz CT molecular complexity index is 578. The van der Waals surface area contributed by atoms with Gasteiger partial charge >= 0.3 is 0 Å². The van der Waals surface area contributed by atoms with E-state index in [-0.39, 0.29) is 5.69 Å². The van der Waals surface area contributed by atoms with Crippen molar-refractivity contribution in [2.75, 3.05) is 5.32 Å². The van der Waals surface area contributed by atoms with Gasteiger partial charge in [-0.2, -0.15) is 5.10 Å².